The molecule has 0 heterocycles. The molecule has 4 nitrogen and oxygen atoms in total. The van der Waals surface area contributed by atoms with Crippen LogP contribution in [0.2, 0.25) is 0 Å². The minimum atomic E-state index is -0.758. The maximum atomic E-state index is 10.5. The van der Waals surface area contributed by atoms with E-state index in [2.05, 4.69) is 5.32 Å². The number of carbonyl (C=O) groups excluding carboxylic acids is 1. The van der Waals surface area contributed by atoms with Crippen LogP contribution in [0.3, 0.4) is 0 Å². The number of amides is 1. The lowest BCUT2D eigenvalue weighted by molar-refractivity contribution is -0.114. The monoisotopic (exact) mass is 192 g/mol. The summed E-state index contributed by atoms with van der Waals surface area (Å²) in [5.41, 5.74) is 4.17. The standard InChI is InChI=1S/C7H13ClN2O2/c1-7(10-2,12-3)4-5(8)6(9)11/h4,10H,1-3H3,(H2,9,11)/b5-4-. The molecule has 0 aliphatic rings. The Morgan fingerprint density at radius 1 is 1.75 bits per heavy atom. The van der Waals surface area contributed by atoms with Gasteiger partial charge in [-0.15, -0.1) is 0 Å². The van der Waals surface area contributed by atoms with Crippen molar-refractivity contribution in [1.82, 2.24) is 5.32 Å². The van der Waals surface area contributed by atoms with Gasteiger partial charge in [0.25, 0.3) is 5.91 Å². The molecule has 0 rings (SSSR count). The molecule has 0 spiro atoms. The van der Waals surface area contributed by atoms with E-state index in [0.717, 1.165) is 0 Å². The first-order valence-corrected chi connectivity index (χ1v) is 3.75. The molecule has 1 atom stereocenters. The second-order valence-corrected chi connectivity index (χ2v) is 2.82. The van der Waals surface area contributed by atoms with Crippen LogP contribution in [0.5, 0.6) is 0 Å². The number of likely N-dealkylation sites (N-methyl/N-ethyl adjacent to an activating group) is 1. The highest BCUT2D eigenvalue weighted by molar-refractivity contribution is 6.41. The third kappa shape index (κ3) is 3.21. The number of ether oxygens (including phenoxy) is 1. The molecule has 0 saturated heterocycles. The molecule has 70 valence electrons. The van der Waals surface area contributed by atoms with Crippen LogP contribution in [-0.2, 0) is 9.53 Å². The van der Waals surface area contributed by atoms with Gasteiger partial charge in [0, 0.05) is 7.11 Å². The van der Waals surface area contributed by atoms with Gasteiger partial charge in [-0.05, 0) is 20.0 Å². The predicted octanol–water partition coefficient (Wildman–Crippen LogP) is 0.176. The van der Waals surface area contributed by atoms with Gasteiger partial charge in [-0.3, -0.25) is 10.1 Å². The predicted molar refractivity (Wildman–Crippen MR) is 47.6 cm³/mol. The van der Waals surface area contributed by atoms with Crippen LogP contribution < -0.4 is 11.1 Å². The zero-order valence-corrected chi connectivity index (χ0v) is 8.11. The summed E-state index contributed by atoms with van der Waals surface area (Å²) >= 11 is 5.52. The molecule has 0 aromatic carbocycles. The van der Waals surface area contributed by atoms with E-state index in [4.69, 9.17) is 22.1 Å². The molecule has 5 heteroatoms. The van der Waals surface area contributed by atoms with E-state index in [1.165, 1.54) is 13.2 Å². The van der Waals surface area contributed by atoms with Gasteiger partial charge < -0.3 is 10.5 Å². The van der Waals surface area contributed by atoms with Gasteiger partial charge >= 0.3 is 0 Å². The van der Waals surface area contributed by atoms with Crippen LogP contribution in [0, 0.1) is 0 Å². The zero-order chi connectivity index (χ0) is 9.78. The Hall–Kier alpha value is -0.580. The molecule has 0 radical (unpaired) electrons. The normalized spacial score (nSPS) is 17.2. The number of primary amides is 1. The first kappa shape index (κ1) is 11.4. The number of halogens is 1. The van der Waals surface area contributed by atoms with Crippen molar-refractivity contribution in [2.24, 2.45) is 5.73 Å². The summed E-state index contributed by atoms with van der Waals surface area (Å²) in [4.78, 5) is 10.5. The zero-order valence-electron chi connectivity index (χ0n) is 7.35. The van der Waals surface area contributed by atoms with Gasteiger partial charge in [0.15, 0.2) is 0 Å². The fourth-order valence-corrected chi connectivity index (χ4v) is 0.754. The van der Waals surface area contributed by atoms with Gasteiger partial charge in [-0.1, -0.05) is 11.6 Å². The molecule has 12 heavy (non-hydrogen) atoms. The third-order valence-electron chi connectivity index (χ3n) is 1.56. The number of methoxy groups -OCH3 is 1. The van der Waals surface area contributed by atoms with E-state index in [-0.39, 0.29) is 5.03 Å². The van der Waals surface area contributed by atoms with Crippen LogP contribution in [0.25, 0.3) is 0 Å². The first-order chi connectivity index (χ1) is 5.45. The fraction of sp³-hybridized carbons (Fsp3) is 0.571. The van der Waals surface area contributed by atoms with Gasteiger partial charge in [-0.25, -0.2) is 0 Å². The maximum Gasteiger partial charge on any atom is 0.260 e. The Bertz CT molecular complexity index is 200. The van der Waals surface area contributed by atoms with Crippen LogP contribution in [0.1, 0.15) is 6.92 Å². The van der Waals surface area contributed by atoms with Crippen molar-refractivity contribution >= 4 is 17.5 Å². The van der Waals surface area contributed by atoms with Crippen molar-refractivity contribution in [3.05, 3.63) is 11.1 Å². The Labute approximate surface area is 76.7 Å². The molecule has 1 amide bonds. The number of rotatable bonds is 4. The average Bonchev–Trinajstić information content (AvgIpc) is 2.04. The summed E-state index contributed by atoms with van der Waals surface area (Å²) in [5.74, 6) is -0.671. The lowest BCUT2D eigenvalue weighted by atomic mass is 10.2. The minimum absolute atomic E-state index is 0.0475. The second-order valence-electron chi connectivity index (χ2n) is 2.42. The number of nitrogens with one attached hydrogen (secondary N) is 1. The molecule has 0 saturated carbocycles. The molecule has 0 aromatic rings. The number of hydrogen-bond acceptors (Lipinski definition) is 3. The van der Waals surface area contributed by atoms with E-state index in [0.29, 0.717) is 0 Å². The van der Waals surface area contributed by atoms with Crippen molar-refractivity contribution in [3.8, 4) is 0 Å². The molecule has 0 aliphatic carbocycles. The molecule has 0 aromatic heterocycles. The fourth-order valence-electron chi connectivity index (χ4n) is 0.546. The van der Waals surface area contributed by atoms with E-state index >= 15 is 0 Å². The Balaban J connectivity index is 4.57. The van der Waals surface area contributed by atoms with E-state index in [9.17, 15) is 4.79 Å². The second kappa shape index (κ2) is 4.45. The Kier molecular flexibility index (Phi) is 4.23. The van der Waals surface area contributed by atoms with Gasteiger partial charge in [0.1, 0.15) is 10.8 Å². The van der Waals surface area contributed by atoms with Crippen molar-refractivity contribution in [2.45, 2.75) is 12.6 Å². The van der Waals surface area contributed by atoms with Gasteiger partial charge in [0.2, 0.25) is 0 Å². The summed E-state index contributed by atoms with van der Waals surface area (Å²) in [7, 11) is 3.18. The van der Waals surface area contributed by atoms with E-state index < -0.39 is 11.6 Å². The molecule has 1 unspecified atom stereocenters. The molecule has 0 aliphatic heterocycles. The number of carbonyl (C=O) groups is 1. The smallest absolute Gasteiger partial charge is 0.260 e. The summed E-state index contributed by atoms with van der Waals surface area (Å²) in [5, 5.41) is 2.78. The van der Waals surface area contributed by atoms with Gasteiger partial charge in [0.05, 0.1) is 0 Å². The maximum absolute atomic E-state index is 10.5. The lowest BCUT2D eigenvalue weighted by Gasteiger charge is -2.23. The van der Waals surface area contributed by atoms with E-state index in [1.54, 1.807) is 14.0 Å². The van der Waals surface area contributed by atoms with Gasteiger partial charge in [-0.2, -0.15) is 0 Å². The average molecular weight is 193 g/mol. The van der Waals surface area contributed by atoms with Crippen molar-refractivity contribution < 1.29 is 9.53 Å². The quantitative estimate of drug-likeness (QED) is 0.493. The van der Waals surface area contributed by atoms with Crippen molar-refractivity contribution in [1.29, 1.82) is 0 Å². The van der Waals surface area contributed by atoms with Crippen LogP contribution in [0.4, 0.5) is 0 Å². The van der Waals surface area contributed by atoms with Crippen molar-refractivity contribution in [3.63, 3.8) is 0 Å². The SMILES string of the molecule is CNC(C)(/C=C(\Cl)C(N)=O)OC. The van der Waals surface area contributed by atoms with Crippen LogP contribution in [0.15, 0.2) is 11.1 Å². The van der Waals surface area contributed by atoms with Crippen LogP contribution >= 0.6 is 11.6 Å². The first-order valence-electron chi connectivity index (χ1n) is 3.37. The largest absolute Gasteiger partial charge is 0.365 e. The van der Waals surface area contributed by atoms with Crippen molar-refractivity contribution in [2.75, 3.05) is 14.2 Å². The number of nitrogens with two attached hydrogens (primary N) is 1. The molecular formula is C7H13ClN2O2. The summed E-state index contributed by atoms with van der Waals surface area (Å²) < 4.78 is 5.03. The summed E-state index contributed by atoms with van der Waals surface area (Å²) in [6.07, 6.45) is 1.41. The summed E-state index contributed by atoms with van der Waals surface area (Å²) in [6, 6.07) is 0. The van der Waals surface area contributed by atoms with E-state index in [1.807, 2.05) is 0 Å². The molecule has 0 bridgehead atoms. The highest BCUT2D eigenvalue weighted by atomic mass is 35.5. The molecular weight excluding hydrogens is 180 g/mol. The topological polar surface area (TPSA) is 64.3 Å². The lowest BCUT2D eigenvalue weighted by Crippen LogP contribution is -2.40. The molecule has 0 fully saturated rings. The highest BCUT2D eigenvalue weighted by Crippen LogP contribution is 2.11. The third-order valence-corrected chi connectivity index (χ3v) is 1.85. The highest BCUT2D eigenvalue weighted by Gasteiger charge is 2.19. The Morgan fingerprint density at radius 2 is 2.25 bits per heavy atom. The Morgan fingerprint density at radius 3 is 2.50 bits per heavy atom. The minimum Gasteiger partial charge on any atom is -0.365 e. The molecule has 3 N–H and O–H groups in total. The summed E-state index contributed by atoms with van der Waals surface area (Å²) in [6.45, 7) is 1.72. The number of hydrogen-bond donors (Lipinski definition) is 2. The van der Waals surface area contributed by atoms with Crippen LogP contribution in [-0.4, -0.2) is 25.8 Å².